The Morgan fingerprint density at radius 1 is 1.10 bits per heavy atom. The monoisotopic (exact) mass is 307 g/mol. The van der Waals surface area contributed by atoms with E-state index >= 15 is 0 Å². The van der Waals surface area contributed by atoms with E-state index in [1.807, 2.05) is 24.3 Å². The zero-order valence-electron chi connectivity index (χ0n) is 11.3. The second-order valence-electron chi connectivity index (χ2n) is 4.59. The van der Waals surface area contributed by atoms with Gasteiger partial charge in [0.25, 0.3) is 0 Å². The summed E-state index contributed by atoms with van der Waals surface area (Å²) in [5.41, 5.74) is 8.17. The van der Waals surface area contributed by atoms with E-state index in [0.29, 0.717) is 12.2 Å². The quantitative estimate of drug-likeness (QED) is 0.615. The Morgan fingerprint density at radius 3 is 2.43 bits per heavy atom. The van der Waals surface area contributed by atoms with Crippen molar-refractivity contribution in [3.8, 4) is 0 Å². The first kappa shape index (κ1) is 15.3. The lowest BCUT2D eigenvalue weighted by Gasteiger charge is -2.12. The molecule has 0 spiro atoms. The maximum atomic E-state index is 11.4. The van der Waals surface area contributed by atoms with Gasteiger partial charge in [0.2, 0.25) is 10.0 Å². The molecule has 2 aromatic rings. The summed E-state index contributed by atoms with van der Waals surface area (Å²) in [4.78, 5) is -0.100. The molecule has 6 N–H and O–H groups in total. The van der Waals surface area contributed by atoms with Gasteiger partial charge >= 0.3 is 0 Å². The molecular formula is C14H17N3O3S. The molecule has 0 heterocycles. The summed E-state index contributed by atoms with van der Waals surface area (Å²) >= 11 is 0. The normalized spacial score (nSPS) is 11.3. The number of hydrogen-bond acceptors (Lipinski definition) is 5. The Labute approximate surface area is 123 Å². The molecule has 112 valence electrons. The first-order chi connectivity index (χ1) is 9.91. The maximum Gasteiger partial charge on any atom is 0.240 e. The van der Waals surface area contributed by atoms with E-state index in [4.69, 9.17) is 16.0 Å². The molecule has 6 nitrogen and oxygen atoms in total. The molecular weight excluding hydrogens is 290 g/mol. The van der Waals surface area contributed by atoms with Crippen LogP contribution in [-0.2, 0) is 23.2 Å². The Balaban J connectivity index is 2.21. The number of rotatable bonds is 5. The predicted octanol–water partition coefficient (Wildman–Crippen LogP) is 1.02. The Kier molecular flexibility index (Phi) is 4.46. The van der Waals surface area contributed by atoms with Crippen molar-refractivity contribution in [3.63, 3.8) is 0 Å². The molecule has 2 aromatic carbocycles. The van der Waals surface area contributed by atoms with Crippen molar-refractivity contribution >= 4 is 21.4 Å². The number of primary sulfonamides is 1. The second kappa shape index (κ2) is 6.13. The molecule has 0 saturated heterocycles. The highest BCUT2D eigenvalue weighted by atomic mass is 32.2. The largest absolute Gasteiger partial charge is 0.396 e. The molecule has 0 saturated carbocycles. The number of anilines is 2. The highest BCUT2D eigenvalue weighted by molar-refractivity contribution is 7.89. The number of benzene rings is 2. The minimum Gasteiger partial charge on any atom is -0.396 e. The van der Waals surface area contributed by atoms with E-state index in [0.717, 1.165) is 11.1 Å². The number of aliphatic hydroxyl groups is 1. The van der Waals surface area contributed by atoms with Gasteiger partial charge in [-0.15, -0.1) is 0 Å². The fourth-order valence-corrected chi connectivity index (χ4v) is 2.67. The molecule has 2 rings (SSSR count). The van der Waals surface area contributed by atoms with E-state index in [9.17, 15) is 8.42 Å². The summed E-state index contributed by atoms with van der Waals surface area (Å²) in [5.74, 6) is 0. The summed E-state index contributed by atoms with van der Waals surface area (Å²) in [5, 5.41) is 17.3. The lowest BCUT2D eigenvalue weighted by molar-refractivity contribution is 0.281. The number of nitrogens with two attached hydrogens (primary N) is 2. The molecule has 0 aromatic heterocycles. The number of nitrogens with one attached hydrogen (secondary N) is 1. The molecule has 0 atom stereocenters. The van der Waals surface area contributed by atoms with Crippen molar-refractivity contribution < 1.29 is 13.5 Å². The summed E-state index contributed by atoms with van der Waals surface area (Å²) in [6, 6.07) is 12.0. The van der Waals surface area contributed by atoms with Crippen LogP contribution in [0, 0.1) is 0 Å². The van der Waals surface area contributed by atoms with E-state index in [1.165, 1.54) is 6.07 Å². The van der Waals surface area contributed by atoms with Crippen LogP contribution in [0.5, 0.6) is 0 Å². The van der Waals surface area contributed by atoms with Crippen LogP contribution >= 0.6 is 0 Å². The molecule has 0 bridgehead atoms. The smallest absolute Gasteiger partial charge is 0.240 e. The summed E-state index contributed by atoms with van der Waals surface area (Å²) in [7, 11) is -3.85. The van der Waals surface area contributed by atoms with Crippen LogP contribution in [0.15, 0.2) is 47.4 Å². The van der Waals surface area contributed by atoms with E-state index < -0.39 is 10.0 Å². The molecule has 0 aliphatic carbocycles. The van der Waals surface area contributed by atoms with Crippen LogP contribution in [0.3, 0.4) is 0 Å². The predicted molar refractivity (Wildman–Crippen MR) is 81.9 cm³/mol. The second-order valence-corrected chi connectivity index (χ2v) is 6.12. The highest BCUT2D eigenvalue weighted by Gasteiger charge is 2.14. The van der Waals surface area contributed by atoms with Crippen LogP contribution in [0.1, 0.15) is 11.1 Å². The average molecular weight is 307 g/mol. The molecule has 0 aliphatic heterocycles. The minimum atomic E-state index is -3.85. The Hall–Kier alpha value is -2.09. The van der Waals surface area contributed by atoms with Gasteiger partial charge in [-0.05, 0) is 23.3 Å². The van der Waals surface area contributed by atoms with E-state index in [1.54, 1.807) is 12.1 Å². The van der Waals surface area contributed by atoms with Crippen molar-refractivity contribution in [1.82, 2.24) is 0 Å². The Bertz CT molecular complexity index is 745. The molecule has 21 heavy (non-hydrogen) atoms. The van der Waals surface area contributed by atoms with Gasteiger partial charge in [0.05, 0.1) is 18.0 Å². The topological polar surface area (TPSA) is 118 Å². The Morgan fingerprint density at radius 2 is 1.76 bits per heavy atom. The molecule has 0 unspecified atom stereocenters. The van der Waals surface area contributed by atoms with Gasteiger partial charge in [0, 0.05) is 6.54 Å². The van der Waals surface area contributed by atoms with Crippen molar-refractivity contribution in [2.75, 3.05) is 11.1 Å². The van der Waals surface area contributed by atoms with Gasteiger partial charge < -0.3 is 16.2 Å². The third-order valence-electron chi connectivity index (χ3n) is 3.03. The SMILES string of the molecule is Nc1c(NCc2cccc(CO)c2)cccc1S(N)(=O)=O. The number of aliphatic hydroxyl groups excluding tert-OH is 1. The van der Waals surface area contributed by atoms with Gasteiger partial charge in [-0.3, -0.25) is 0 Å². The highest BCUT2D eigenvalue weighted by Crippen LogP contribution is 2.26. The third-order valence-corrected chi connectivity index (χ3v) is 4.00. The summed E-state index contributed by atoms with van der Waals surface area (Å²) in [6.45, 7) is 0.420. The van der Waals surface area contributed by atoms with Crippen LogP contribution in [-0.4, -0.2) is 13.5 Å². The lowest BCUT2D eigenvalue weighted by Crippen LogP contribution is -2.15. The van der Waals surface area contributed by atoms with Crippen molar-refractivity contribution in [2.45, 2.75) is 18.0 Å². The van der Waals surface area contributed by atoms with Crippen LogP contribution in [0.2, 0.25) is 0 Å². The fourth-order valence-electron chi connectivity index (χ4n) is 1.98. The first-order valence-electron chi connectivity index (χ1n) is 6.25. The summed E-state index contributed by atoms with van der Waals surface area (Å²) < 4.78 is 22.8. The number of nitrogen functional groups attached to an aromatic ring is 1. The van der Waals surface area contributed by atoms with Gasteiger partial charge in [-0.25, -0.2) is 13.6 Å². The van der Waals surface area contributed by atoms with E-state index in [-0.39, 0.29) is 17.2 Å². The van der Waals surface area contributed by atoms with Gasteiger partial charge in [-0.2, -0.15) is 0 Å². The van der Waals surface area contributed by atoms with Crippen molar-refractivity contribution in [3.05, 3.63) is 53.6 Å². The van der Waals surface area contributed by atoms with Gasteiger partial charge in [0.15, 0.2) is 0 Å². The number of hydrogen-bond donors (Lipinski definition) is 4. The number of para-hydroxylation sites is 1. The molecule has 0 fully saturated rings. The zero-order chi connectivity index (χ0) is 15.5. The van der Waals surface area contributed by atoms with Crippen molar-refractivity contribution in [1.29, 1.82) is 0 Å². The fraction of sp³-hybridized carbons (Fsp3) is 0.143. The third kappa shape index (κ3) is 3.72. The van der Waals surface area contributed by atoms with Crippen LogP contribution < -0.4 is 16.2 Å². The standard InChI is InChI=1S/C14H17N3O3S/c15-14-12(5-2-6-13(14)21(16,19)20)17-8-10-3-1-4-11(7-10)9-18/h1-7,17-18H,8-9,15H2,(H2,16,19,20). The minimum absolute atomic E-state index is 0.0309. The lowest BCUT2D eigenvalue weighted by atomic mass is 10.1. The number of sulfonamides is 1. The molecule has 7 heteroatoms. The van der Waals surface area contributed by atoms with Crippen molar-refractivity contribution in [2.24, 2.45) is 5.14 Å². The maximum absolute atomic E-state index is 11.4. The molecule has 0 aliphatic rings. The van der Waals surface area contributed by atoms with Gasteiger partial charge in [-0.1, -0.05) is 30.3 Å². The zero-order valence-corrected chi connectivity index (χ0v) is 12.1. The first-order valence-corrected chi connectivity index (χ1v) is 7.80. The van der Waals surface area contributed by atoms with Crippen LogP contribution in [0.25, 0.3) is 0 Å². The van der Waals surface area contributed by atoms with Crippen LogP contribution in [0.4, 0.5) is 11.4 Å². The summed E-state index contributed by atoms with van der Waals surface area (Å²) in [6.07, 6.45) is 0. The average Bonchev–Trinajstić information content (AvgIpc) is 2.45. The molecule has 0 amide bonds. The van der Waals surface area contributed by atoms with E-state index in [2.05, 4.69) is 5.32 Å². The van der Waals surface area contributed by atoms with Gasteiger partial charge in [0.1, 0.15) is 4.90 Å². The molecule has 0 radical (unpaired) electrons.